The number of rotatable bonds is 8. The summed E-state index contributed by atoms with van der Waals surface area (Å²) in [5.41, 5.74) is 1.15. The molecule has 0 fully saturated rings. The van der Waals surface area contributed by atoms with Crippen LogP contribution in [0.4, 0.5) is 0 Å². The van der Waals surface area contributed by atoms with Crippen molar-refractivity contribution >= 4 is 41.3 Å². The van der Waals surface area contributed by atoms with E-state index >= 15 is 0 Å². The van der Waals surface area contributed by atoms with Gasteiger partial charge < -0.3 is 15.4 Å². The molecule has 1 heterocycles. The lowest BCUT2D eigenvalue weighted by atomic mass is 10.2. The maximum Gasteiger partial charge on any atom is 0.191 e. The summed E-state index contributed by atoms with van der Waals surface area (Å²) in [5, 5.41) is 7.58. The monoisotopic (exact) mass is 474 g/mol. The largest absolute Gasteiger partial charge is 0.491 e. The molecule has 2 N–H and O–H groups in total. The molecule has 7 heteroatoms. The molecule has 0 atom stereocenters. The van der Waals surface area contributed by atoms with Crippen molar-refractivity contribution in [1.29, 1.82) is 0 Å². The van der Waals surface area contributed by atoms with Gasteiger partial charge in [0.05, 0.1) is 13.1 Å². The fraction of sp³-hybridized carbons (Fsp3) is 0.444. The number of nitrogens with zero attached hydrogens (tertiary/aromatic N) is 2. The predicted octanol–water partition coefficient (Wildman–Crippen LogP) is 3.77. The number of aromatic nitrogens is 1. The first-order valence-electron chi connectivity index (χ1n) is 8.37. The van der Waals surface area contributed by atoms with E-state index in [-0.39, 0.29) is 24.0 Å². The first-order valence-corrected chi connectivity index (χ1v) is 9.18. The van der Waals surface area contributed by atoms with Crippen molar-refractivity contribution < 1.29 is 4.74 Å². The van der Waals surface area contributed by atoms with Gasteiger partial charge in [0.2, 0.25) is 0 Å². The molecule has 0 aliphatic rings. The molecule has 138 valence electrons. The Kier molecular flexibility index (Phi) is 10.5. The molecule has 0 spiro atoms. The predicted molar refractivity (Wildman–Crippen MR) is 116 cm³/mol. The second-order valence-corrected chi connectivity index (χ2v) is 6.51. The van der Waals surface area contributed by atoms with Gasteiger partial charge in [-0.3, -0.25) is 0 Å². The summed E-state index contributed by atoms with van der Waals surface area (Å²) in [6.45, 7) is 8.94. The summed E-state index contributed by atoms with van der Waals surface area (Å²) in [4.78, 5) is 10.3. The molecule has 0 aliphatic heterocycles. The molecular formula is C18H27IN4OS. The number of para-hydroxylation sites is 1. The second-order valence-electron chi connectivity index (χ2n) is 5.31. The van der Waals surface area contributed by atoms with Crippen LogP contribution in [0.25, 0.3) is 0 Å². The fourth-order valence-corrected chi connectivity index (χ4v) is 2.91. The number of hydrogen-bond donors (Lipinski definition) is 2. The molecule has 0 amide bonds. The molecule has 2 rings (SSSR count). The Hall–Kier alpha value is -1.35. The molecule has 5 nitrogen and oxygen atoms in total. The molecule has 0 saturated carbocycles. The molecule has 0 radical (unpaired) electrons. The zero-order valence-electron chi connectivity index (χ0n) is 15.0. The number of thiazole rings is 1. The lowest BCUT2D eigenvalue weighted by Crippen LogP contribution is -2.39. The van der Waals surface area contributed by atoms with Crippen molar-refractivity contribution in [2.45, 2.75) is 33.7 Å². The number of nitrogens with one attached hydrogen (secondary N) is 2. The van der Waals surface area contributed by atoms with Gasteiger partial charge in [-0.25, -0.2) is 9.98 Å². The van der Waals surface area contributed by atoms with Crippen LogP contribution < -0.4 is 15.4 Å². The van der Waals surface area contributed by atoms with E-state index in [1.54, 1.807) is 11.3 Å². The first-order chi connectivity index (χ1) is 11.7. The molecule has 0 saturated heterocycles. The third-order valence-corrected chi connectivity index (χ3v) is 4.54. The van der Waals surface area contributed by atoms with Gasteiger partial charge >= 0.3 is 0 Å². The number of guanidine groups is 1. The number of benzene rings is 1. The van der Waals surface area contributed by atoms with Gasteiger partial charge in [0, 0.05) is 17.6 Å². The zero-order valence-corrected chi connectivity index (χ0v) is 18.2. The SMILES string of the molecule is CCNC(=NCc1ncc(CC)s1)NCCOc1ccccc1C.I. The maximum atomic E-state index is 5.79. The first kappa shape index (κ1) is 21.7. The summed E-state index contributed by atoms with van der Waals surface area (Å²) in [7, 11) is 0. The Labute approximate surface area is 171 Å². The third kappa shape index (κ3) is 7.60. The van der Waals surface area contributed by atoms with Crippen LogP contribution in [0, 0.1) is 6.92 Å². The molecular weight excluding hydrogens is 447 g/mol. The van der Waals surface area contributed by atoms with Gasteiger partial charge in [-0.1, -0.05) is 25.1 Å². The Bertz CT molecular complexity index is 660. The van der Waals surface area contributed by atoms with Gasteiger partial charge in [0.25, 0.3) is 0 Å². The van der Waals surface area contributed by atoms with Crippen LogP contribution in [0.5, 0.6) is 5.75 Å². The van der Waals surface area contributed by atoms with Gasteiger partial charge in [0.15, 0.2) is 5.96 Å². The van der Waals surface area contributed by atoms with E-state index in [0.29, 0.717) is 19.7 Å². The van der Waals surface area contributed by atoms with Gasteiger partial charge in [0.1, 0.15) is 17.4 Å². The topological polar surface area (TPSA) is 58.5 Å². The van der Waals surface area contributed by atoms with Crippen molar-refractivity contribution in [2.75, 3.05) is 19.7 Å². The number of aryl methyl sites for hydroxylation is 2. The number of ether oxygens (including phenoxy) is 1. The van der Waals surface area contributed by atoms with Crippen molar-refractivity contribution in [3.05, 3.63) is 45.9 Å². The van der Waals surface area contributed by atoms with Crippen molar-refractivity contribution in [1.82, 2.24) is 15.6 Å². The minimum Gasteiger partial charge on any atom is -0.491 e. The van der Waals surface area contributed by atoms with Crippen molar-refractivity contribution in [3.63, 3.8) is 0 Å². The van der Waals surface area contributed by atoms with Crippen LogP contribution in [-0.4, -0.2) is 30.6 Å². The van der Waals surface area contributed by atoms with Crippen LogP contribution in [0.15, 0.2) is 35.5 Å². The van der Waals surface area contributed by atoms with E-state index in [1.165, 1.54) is 4.88 Å². The highest BCUT2D eigenvalue weighted by molar-refractivity contribution is 14.0. The normalized spacial score (nSPS) is 10.9. The number of hydrogen-bond acceptors (Lipinski definition) is 4. The quantitative estimate of drug-likeness (QED) is 0.265. The molecule has 25 heavy (non-hydrogen) atoms. The highest BCUT2D eigenvalue weighted by Gasteiger charge is 2.02. The lowest BCUT2D eigenvalue weighted by Gasteiger charge is -2.12. The zero-order chi connectivity index (χ0) is 17.2. The molecule has 1 aromatic carbocycles. The van der Waals surface area contributed by atoms with E-state index < -0.39 is 0 Å². The standard InChI is InChI=1S/C18H26N4OS.HI/c1-4-15-12-21-17(24-15)13-22-18(19-5-2)20-10-11-23-16-9-7-6-8-14(16)3;/h6-9,12H,4-5,10-11,13H2,1-3H3,(H2,19,20,22);1H. The summed E-state index contributed by atoms with van der Waals surface area (Å²) >= 11 is 1.72. The average molecular weight is 474 g/mol. The Morgan fingerprint density at radius 3 is 2.72 bits per heavy atom. The molecule has 0 unspecified atom stereocenters. The van der Waals surface area contributed by atoms with E-state index in [1.807, 2.05) is 37.4 Å². The van der Waals surface area contributed by atoms with E-state index in [2.05, 4.69) is 34.5 Å². The van der Waals surface area contributed by atoms with Crippen molar-refractivity contribution in [3.8, 4) is 5.75 Å². The highest BCUT2D eigenvalue weighted by atomic mass is 127. The minimum atomic E-state index is 0. The summed E-state index contributed by atoms with van der Waals surface area (Å²) in [5.74, 6) is 1.72. The third-order valence-electron chi connectivity index (χ3n) is 3.41. The van der Waals surface area contributed by atoms with Crippen LogP contribution in [0.1, 0.15) is 29.3 Å². The van der Waals surface area contributed by atoms with Crippen LogP contribution >= 0.6 is 35.3 Å². The minimum absolute atomic E-state index is 0. The smallest absolute Gasteiger partial charge is 0.191 e. The maximum absolute atomic E-state index is 5.79. The van der Waals surface area contributed by atoms with Crippen molar-refractivity contribution in [2.24, 2.45) is 4.99 Å². The van der Waals surface area contributed by atoms with Crippen LogP contribution in [0.3, 0.4) is 0 Å². The van der Waals surface area contributed by atoms with E-state index in [9.17, 15) is 0 Å². The van der Waals surface area contributed by atoms with E-state index in [4.69, 9.17) is 4.74 Å². The fourth-order valence-electron chi connectivity index (χ4n) is 2.12. The lowest BCUT2D eigenvalue weighted by molar-refractivity contribution is 0.320. The molecule has 0 aliphatic carbocycles. The Balaban J connectivity index is 0.00000312. The van der Waals surface area contributed by atoms with Crippen LogP contribution in [0.2, 0.25) is 0 Å². The number of halogens is 1. The second kappa shape index (κ2) is 12.1. The Morgan fingerprint density at radius 2 is 2.04 bits per heavy atom. The van der Waals surface area contributed by atoms with E-state index in [0.717, 1.165) is 35.2 Å². The Morgan fingerprint density at radius 1 is 1.24 bits per heavy atom. The molecule has 1 aromatic heterocycles. The highest BCUT2D eigenvalue weighted by Crippen LogP contribution is 2.15. The molecule has 2 aromatic rings. The van der Waals surface area contributed by atoms with Gasteiger partial charge in [-0.2, -0.15) is 0 Å². The number of aliphatic imine (C=N–C) groups is 1. The summed E-state index contributed by atoms with van der Waals surface area (Å²) in [6, 6.07) is 8.04. The van der Waals surface area contributed by atoms with Gasteiger partial charge in [-0.05, 0) is 31.9 Å². The molecule has 0 bridgehead atoms. The van der Waals surface area contributed by atoms with Crippen LogP contribution in [-0.2, 0) is 13.0 Å². The summed E-state index contributed by atoms with van der Waals surface area (Å²) in [6.07, 6.45) is 2.96. The average Bonchev–Trinajstić information content (AvgIpc) is 3.06. The van der Waals surface area contributed by atoms with Gasteiger partial charge in [-0.15, -0.1) is 35.3 Å². The summed E-state index contributed by atoms with van der Waals surface area (Å²) < 4.78 is 5.79.